The minimum atomic E-state index is -3.32. The lowest BCUT2D eigenvalue weighted by atomic mass is 9.59. The number of sulfone groups is 1. The maximum Gasteiger partial charge on any atom is 0.183 e. The summed E-state index contributed by atoms with van der Waals surface area (Å²) < 4.78 is 25.7. The zero-order chi connectivity index (χ0) is 19.2. The Kier molecular flexibility index (Phi) is 5.33. The van der Waals surface area contributed by atoms with Crippen LogP contribution in [0.4, 0.5) is 0 Å². The Bertz CT molecular complexity index is 722. The van der Waals surface area contributed by atoms with Gasteiger partial charge in [-0.15, -0.1) is 0 Å². The molecule has 3 rings (SSSR count). The number of rotatable bonds is 5. The van der Waals surface area contributed by atoms with E-state index in [0.717, 1.165) is 18.3 Å². The second kappa shape index (κ2) is 6.96. The fraction of sp³-hybridized carbons (Fsp3) is 0.739. The fourth-order valence-corrected chi connectivity index (χ4v) is 8.12. The average Bonchev–Trinajstić information content (AvgIpc) is 2.93. The molecule has 2 aliphatic carbocycles. The Morgan fingerprint density at radius 1 is 1.15 bits per heavy atom. The largest absolute Gasteiger partial charge is 0.223 e. The highest BCUT2D eigenvalue weighted by atomic mass is 32.2. The molecule has 1 aromatic carbocycles. The van der Waals surface area contributed by atoms with E-state index in [1.807, 2.05) is 32.0 Å². The highest BCUT2D eigenvalue weighted by Crippen LogP contribution is 2.60. The van der Waals surface area contributed by atoms with Crippen LogP contribution in [0.15, 0.2) is 35.2 Å². The van der Waals surface area contributed by atoms with Crippen molar-refractivity contribution in [3.8, 4) is 0 Å². The normalized spacial score (nSPS) is 33.7. The van der Waals surface area contributed by atoms with Crippen molar-refractivity contribution in [1.29, 1.82) is 0 Å². The maximum atomic E-state index is 13.2. The van der Waals surface area contributed by atoms with Gasteiger partial charge in [-0.25, -0.2) is 8.42 Å². The van der Waals surface area contributed by atoms with Crippen LogP contribution in [-0.2, 0) is 9.84 Å². The highest BCUT2D eigenvalue weighted by Gasteiger charge is 2.52. The summed E-state index contributed by atoms with van der Waals surface area (Å²) in [5, 5.41) is 0. The van der Waals surface area contributed by atoms with Crippen molar-refractivity contribution in [2.45, 2.75) is 82.8 Å². The van der Waals surface area contributed by atoms with Crippen molar-refractivity contribution in [3.05, 3.63) is 30.3 Å². The SMILES string of the molecule is C[C@H](CC(C)(C)S(=O)(=O)c1ccccc1)[C@H]1CC[C@H]2[C@@H](C)CCC[C@]12C. The van der Waals surface area contributed by atoms with Crippen molar-refractivity contribution >= 4 is 9.84 Å². The lowest BCUT2D eigenvalue weighted by Crippen LogP contribution is -2.41. The molecule has 0 unspecified atom stereocenters. The van der Waals surface area contributed by atoms with E-state index < -0.39 is 14.6 Å². The van der Waals surface area contributed by atoms with E-state index in [0.29, 0.717) is 22.1 Å². The third-order valence-corrected chi connectivity index (χ3v) is 10.3. The Morgan fingerprint density at radius 3 is 2.46 bits per heavy atom. The Labute approximate surface area is 160 Å². The van der Waals surface area contributed by atoms with E-state index in [1.165, 1.54) is 32.1 Å². The molecule has 0 saturated heterocycles. The molecule has 146 valence electrons. The molecule has 3 heteroatoms. The third kappa shape index (κ3) is 3.25. The van der Waals surface area contributed by atoms with E-state index in [4.69, 9.17) is 0 Å². The van der Waals surface area contributed by atoms with Crippen LogP contribution < -0.4 is 0 Å². The Morgan fingerprint density at radius 2 is 1.81 bits per heavy atom. The fourth-order valence-electron chi connectivity index (χ4n) is 6.49. The number of fused-ring (bicyclic) bond motifs is 1. The first kappa shape index (κ1) is 19.9. The van der Waals surface area contributed by atoms with E-state index in [9.17, 15) is 8.42 Å². The summed E-state index contributed by atoms with van der Waals surface area (Å²) in [6.07, 6.45) is 7.37. The number of hydrogen-bond acceptors (Lipinski definition) is 2. The van der Waals surface area contributed by atoms with Gasteiger partial charge in [0.05, 0.1) is 9.64 Å². The van der Waals surface area contributed by atoms with E-state index in [1.54, 1.807) is 12.1 Å². The lowest BCUT2D eigenvalue weighted by Gasteiger charge is -2.46. The molecule has 5 atom stereocenters. The van der Waals surface area contributed by atoms with Gasteiger partial charge in [0, 0.05) is 0 Å². The van der Waals surface area contributed by atoms with Crippen molar-refractivity contribution < 1.29 is 8.42 Å². The summed E-state index contributed by atoms with van der Waals surface area (Å²) in [7, 11) is -3.32. The molecule has 2 saturated carbocycles. The molecule has 0 N–H and O–H groups in total. The average molecular weight is 377 g/mol. The molecule has 0 radical (unpaired) electrons. The summed E-state index contributed by atoms with van der Waals surface area (Å²) in [4.78, 5) is 0.457. The van der Waals surface area contributed by atoms with Crippen LogP contribution in [0, 0.1) is 29.1 Å². The van der Waals surface area contributed by atoms with Crippen LogP contribution in [0.2, 0.25) is 0 Å². The molecule has 0 aromatic heterocycles. The van der Waals surface area contributed by atoms with Gasteiger partial charge in [0.25, 0.3) is 0 Å². The van der Waals surface area contributed by atoms with Gasteiger partial charge in [0.15, 0.2) is 9.84 Å². The number of benzene rings is 1. The molecule has 26 heavy (non-hydrogen) atoms. The zero-order valence-corrected chi connectivity index (χ0v) is 18.0. The summed E-state index contributed by atoms with van der Waals surface area (Å²) in [6.45, 7) is 11.1. The highest BCUT2D eigenvalue weighted by molar-refractivity contribution is 7.92. The number of hydrogen-bond donors (Lipinski definition) is 0. The topological polar surface area (TPSA) is 34.1 Å². The first-order valence-electron chi connectivity index (χ1n) is 10.4. The van der Waals surface area contributed by atoms with Crippen LogP contribution in [-0.4, -0.2) is 13.2 Å². The van der Waals surface area contributed by atoms with Gasteiger partial charge in [0.2, 0.25) is 0 Å². The van der Waals surface area contributed by atoms with Gasteiger partial charge in [-0.05, 0) is 80.8 Å². The molecule has 2 fully saturated rings. The van der Waals surface area contributed by atoms with Crippen LogP contribution in [0.3, 0.4) is 0 Å². The molecule has 2 aliphatic rings. The maximum absolute atomic E-state index is 13.2. The van der Waals surface area contributed by atoms with Crippen molar-refractivity contribution in [1.82, 2.24) is 0 Å². The first-order valence-corrected chi connectivity index (χ1v) is 11.9. The minimum absolute atomic E-state index is 0.406. The molecule has 0 spiro atoms. The van der Waals surface area contributed by atoms with Gasteiger partial charge >= 0.3 is 0 Å². The predicted molar refractivity (Wildman–Crippen MR) is 109 cm³/mol. The molecule has 0 amide bonds. The molecule has 0 aliphatic heterocycles. The summed E-state index contributed by atoms with van der Waals surface area (Å²) in [5.74, 6) is 2.74. The van der Waals surface area contributed by atoms with E-state index in [2.05, 4.69) is 20.8 Å². The monoisotopic (exact) mass is 376 g/mol. The molecular formula is C23H36O2S. The second-order valence-electron chi connectivity index (χ2n) is 9.92. The molecule has 0 bridgehead atoms. The van der Waals surface area contributed by atoms with Gasteiger partial charge in [0.1, 0.15) is 0 Å². The molecule has 1 aromatic rings. The van der Waals surface area contributed by atoms with Crippen LogP contribution in [0.1, 0.15) is 73.1 Å². The lowest BCUT2D eigenvalue weighted by molar-refractivity contribution is 0.0334. The van der Waals surface area contributed by atoms with Gasteiger partial charge < -0.3 is 0 Å². The summed E-state index contributed by atoms with van der Waals surface area (Å²) in [5.41, 5.74) is 0.406. The van der Waals surface area contributed by atoms with Crippen LogP contribution in [0.25, 0.3) is 0 Å². The standard InChI is InChI=1S/C23H36O2S/c1-17-10-9-15-23(5)20(17)13-14-21(23)18(2)16-22(3,4)26(24,25)19-11-7-6-8-12-19/h6-8,11-12,17-18,20-21H,9-10,13-16H2,1-5H3/t17-,18+,20-,21+,23-/m0/s1. The van der Waals surface area contributed by atoms with Crippen LogP contribution >= 0.6 is 0 Å². The van der Waals surface area contributed by atoms with Gasteiger partial charge in [-0.1, -0.05) is 51.8 Å². The summed E-state index contributed by atoms with van der Waals surface area (Å²) >= 11 is 0. The molecule has 2 nitrogen and oxygen atoms in total. The predicted octanol–water partition coefficient (Wildman–Crippen LogP) is 6.12. The van der Waals surface area contributed by atoms with Crippen molar-refractivity contribution in [2.75, 3.05) is 0 Å². The van der Waals surface area contributed by atoms with Gasteiger partial charge in [-0.3, -0.25) is 0 Å². The van der Waals surface area contributed by atoms with Gasteiger partial charge in [-0.2, -0.15) is 0 Å². The van der Waals surface area contributed by atoms with Crippen LogP contribution in [0.5, 0.6) is 0 Å². The Hall–Kier alpha value is -0.830. The quantitative estimate of drug-likeness (QED) is 0.620. The summed E-state index contributed by atoms with van der Waals surface area (Å²) in [6, 6.07) is 8.98. The second-order valence-corrected chi connectivity index (χ2v) is 12.5. The third-order valence-electron chi connectivity index (χ3n) is 7.83. The minimum Gasteiger partial charge on any atom is -0.223 e. The van der Waals surface area contributed by atoms with E-state index in [-0.39, 0.29) is 0 Å². The smallest absolute Gasteiger partial charge is 0.183 e. The Balaban J connectivity index is 1.80. The van der Waals surface area contributed by atoms with Crippen molar-refractivity contribution in [3.63, 3.8) is 0 Å². The van der Waals surface area contributed by atoms with Crippen molar-refractivity contribution in [2.24, 2.45) is 29.1 Å². The molecular weight excluding hydrogens is 340 g/mol. The molecule has 0 heterocycles. The van der Waals surface area contributed by atoms with E-state index >= 15 is 0 Å². The zero-order valence-electron chi connectivity index (χ0n) is 17.2. The first-order chi connectivity index (χ1) is 12.1.